The summed E-state index contributed by atoms with van der Waals surface area (Å²) in [5.41, 5.74) is 1.02. The van der Waals surface area contributed by atoms with E-state index in [0.717, 1.165) is 15.3 Å². The van der Waals surface area contributed by atoms with Gasteiger partial charge in [0.15, 0.2) is 0 Å². The van der Waals surface area contributed by atoms with Gasteiger partial charge in [-0.1, -0.05) is 0 Å². The molecule has 1 aromatic carbocycles. The Kier molecular flexibility index (Phi) is 3.43. The van der Waals surface area contributed by atoms with Crippen molar-refractivity contribution in [1.29, 1.82) is 0 Å². The first-order chi connectivity index (χ1) is 7.33. The predicted molar refractivity (Wildman–Crippen MR) is 68.5 cm³/mol. The minimum absolute atomic E-state index is 0.344. The number of terminal acetylenes is 1. The van der Waals surface area contributed by atoms with Crippen molar-refractivity contribution in [2.75, 3.05) is 0 Å². The fraction of sp³-hybridized carbons (Fsp3) is 0.0833. The molecule has 0 saturated carbocycles. The van der Waals surface area contributed by atoms with Crippen molar-refractivity contribution >= 4 is 46.3 Å². The first-order valence-corrected chi connectivity index (χ1v) is 7.28. The van der Waals surface area contributed by atoms with Crippen LogP contribution in [0.25, 0.3) is 10.9 Å². The van der Waals surface area contributed by atoms with Crippen molar-refractivity contribution in [1.82, 2.24) is 4.98 Å². The van der Waals surface area contributed by atoms with Gasteiger partial charge in [0.1, 0.15) is 0 Å². The van der Waals surface area contributed by atoms with Gasteiger partial charge < -0.3 is 0 Å². The van der Waals surface area contributed by atoms with Gasteiger partial charge in [0.25, 0.3) is 0 Å². The van der Waals surface area contributed by atoms with Crippen LogP contribution < -0.4 is 4.46 Å². The fourth-order valence-corrected chi connectivity index (χ4v) is 3.33. The van der Waals surface area contributed by atoms with E-state index in [2.05, 4.69) is 39.0 Å². The van der Waals surface area contributed by atoms with Gasteiger partial charge in [-0.3, -0.25) is 0 Å². The van der Waals surface area contributed by atoms with Gasteiger partial charge in [-0.25, -0.2) is 0 Å². The Labute approximate surface area is 104 Å². The molecule has 0 saturated heterocycles. The number of nitrogens with zero attached hydrogens (tertiary/aromatic N) is 1. The van der Waals surface area contributed by atoms with Crippen molar-refractivity contribution in [2.24, 2.45) is 0 Å². The number of fused-ring (bicyclic) bond motifs is 1. The molecule has 0 fully saturated rings. The zero-order chi connectivity index (χ0) is 10.7. The number of hydrogen-bond acceptors (Lipinski definition) is 1. The first kappa shape index (κ1) is 10.7. The Hall–Kier alpha value is -0.811. The number of hydrogen-bond donors (Lipinski definition) is 0. The Bertz CT molecular complexity index is 531. The second-order valence-electron chi connectivity index (χ2n) is 2.94. The second-order valence-corrected chi connectivity index (χ2v) is 5.93. The van der Waals surface area contributed by atoms with E-state index in [1.54, 1.807) is 0 Å². The molecule has 0 unspecified atom stereocenters. The molecule has 1 heterocycles. The van der Waals surface area contributed by atoms with Crippen molar-refractivity contribution in [2.45, 2.75) is 5.32 Å². The summed E-state index contributed by atoms with van der Waals surface area (Å²) < 4.78 is 2.37. The molecule has 2 rings (SSSR count). The van der Waals surface area contributed by atoms with Gasteiger partial charge in [0.05, 0.1) is 0 Å². The zero-order valence-electron chi connectivity index (χ0n) is 7.90. The quantitative estimate of drug-likeness (QED) is 0.610. The number of halogens is 1. The van der Waals surface area contributed by atoms with E-state index in [0.29, 0.717) is 15.0 Å². The van der Waals surface area contributed by atoms with Gasteiger partial charge in [0.2, 0.25) is 0 Å². The van der Waals surface area contributed by atoms with Crippen LogP contribution in [0.3, 0.4) is 0 Å². The fourth-order valence-electron chi connectivity index (χ4n) is 1.36. The molecule has 0 bridgehead atoms. The van der Waals surface area contributed by atoms with E-state index >= 15 is 0 Å². The SMILES string of the molecule is C#CC[Se]c1ccnc2c(Br)cccc12. The normalized spacial score (nSPS) is 10.1. The molecule has 0 aliphatic heterocycles. The number of para-hydroxylation sites is 1. The van der Waals surface area contributed by atoms with Crippen LogP contribution in [0.15, 0.2) is 34.9 Å². The number of aromatic nitrogens is 1. The Balaban J connectivity index is 2.57. The number of pyridine rings is 1. The summed E-state index contributed by atoms with van der Waals surface area (Å²) in [5.74, 6) is 2.69. The summed E-state index contributed by atoms with van der Waals surface area (Å²) in [6.45, 7) is 0. The molecule has 74 valence electrons. The van der Waals surface area contributed by atoms with Crippen LogP contribution in [0.1, 0.15) is 0 Å². The molecular formula is C12H8BrNSe. The number of rotatable bonds is 2. The molecule has 0 aliphatic carbocycles. The van der Waals surface area contributed by atoms with Crippen LogP contribution in [-0.4, -0.2) is 19.9 Å². The van der Waals surface area contributed by atoms with Crippen LogP contribution in [0.4, 0.5) is 0 Å². The van der Waals surface area contributed by atoms with E-state index in [9.17, 15) is 0 Å². The van der Waals surface area contributed by atoms with Crippen molar-refractivity contribution < 1.29 is 0 Å². The van der Waals surface area contributed by atoms with Crippen LogP contribution >= 0.6 is 15.9 Å². The molecule has 0 radical (unpaired) electrons. The van der Waals surface area contributed by atoms with Crippen LogP contribution in [0.2, 0.25) is 5.32 Å². The van der Waals surface area contributed by atoms with Crippen molar-refractivity contribution in [3.05, 3.63) is 34.9 Å². The Morgan fingerprint density at radius 1 is 1.40 bits per heavy atom. The van der Waals surface area contributed by atoms with Gasteiger partial charge in [-0.15, -0.1) is 0 Å². The molecule has 15 heavy (non-hydrogen) atoms. The Morgan fingerprint density at radius 2 is 2.27 bits per heavy atom. The molecule has 0 aliphatic rings. The third-order valence-corrected chi connectivity index (χ3v) is 4.68. The van der Waals surface area contributed by atoms with Gasteiger partial charge in [0, 0.05) is 0 Å². The molecule has 0 spiro atoms. The monoisotopic (exact) mass is 325 g/mol. The molecule has 3 heteroatoms. The second kappa shape index (κ2) is 4.81. The van der Waals surface area contributed by atoms with E-state index in [1.165, 1.54) is 9.85 Å². The van der Waals surface area contributed by atoms with Crippen LogP contribution in [-0.2, 0) is 0 Å². The van der Waals surface area contributed by atoms with Gasteiger partial charge in [-0.2, -0.15) is 0 Å². The summed E-state index contributed by atoms with van der Waals surface area (Å²) in [6.07, 6.45) is 7.14. The average Bonchev–Trinajstić information content (AvgIpc) is 2.27. The van der Waals surface area contributed by atoms with E-state index in [1.807, 2.05) is 18.3 Å². The summed E-state index contributed by atoms with van der Waals surface area (Å²) in [4.78, 5) is 4.36. The van der Waals surface area contributed by atoms with Gasteiger partial charge >= 0.3 is 104 Å². The molecule has 0 amide bonds. The molecule has 1 aromatic heterocycles. The van der Waals surface area contributed by atoms with Gasteiger partial charge in [-0.05, 0) is 0 Å². The minimum atomic E-state index is 0.344. The first-order valence-electron chi connectivity index (χ1n) is 4.42. The maximum absolute atomic E-state index is 5.29. The predicted octanol–water partition coefficient (Wildman–Crippen LogP) is 2.38. The van der Waals surface area contributed by atoms with Crippen molar-refractivity contribution in [3.8, 4) is 12.3 Å². The molecule has 1 nitrogen and oxygen atoms in total. The number of benzene rings is 1. The third-order valence-electron chi connectivity index (χ3n) is 1.99. The van der Waals surface area contributed by atoms with Crippen LogP contribution in [0.5, 0.6) is 0 Å². The standard InChI is InChI=1S/C12H8BrNSe/c1-2-8-15-11-6-7-14-12-9(11)4-3-5-10(12)13/h1,3-7H,8H2. The summed E-state index contributed by atoms with van der Waals surface area (Å²) in [7, 11) is 0. The topological polar surface area (TPSA) is 12.9 Å². The van der Waals surface area contributed by atoms with E-state index in [4.69, 9.17) is 6.42 Å². The zero-order valence-corrected chi connectivity index (χ0v) is 11.2. The third kappa shape index (κ3) is 2.23. The molecule has 0 atom stereocenters. The van der Waals surface area contributed by atoms with E-state index in [-0.39, 0.29) is 0 Å². The molecule has 2 aromatic rings. The van der Waals surface area contributed by atoms with Crippen molar-refractivity contribution in [3.63, 3.8) is 0 Å². The summed E-state index contributed by atoms with van der Waals surface area (Å²) in [5, 5.41) is 2.04. The summed E-state index contributed by atoms with van der Waals surface area (Å²) in [6, 6.07) is 8.20. The molecular weight excluding hydrogens is 317 g/mol. The summed E-state index contributed by atoms with van der Waals surface area (Å²) >= 11 is 3.85. The maximum atomic E-state index is 5.29. The Morgan fingerprint density at radius 3 is 3.07 bits per heavy atom. The molecule has 0 N–H and O–H groups in total. The average molecular weight is 325 g/mol. The van der Waals surface area contributed by atoms with Crippen LogP contribution in [0, 0.1) is 12.3 Å². The van der Waals surface area contributed by atoms with E-state index < -0.39 is 0 Å².